The summed E-state index contributed by atoms with van der Waals surface area (Å²) < 4.78 is 16.3. The maximum Gasteiger partial charge on any atom is 0.347 e. The number of carbonyl (C=O) groups excluding carboxylic acids is 1. The van der Waals surface area contributed by atoms with Gasteiger partial charge in [-0.2, -0.15) is 0 Å². The third kappa shape index (κ3) is 3.50. The van der Waals surface area contributed by atoms with Gasteiger partial charge in [-0.1, -0.05) is 24.3 Å². The predicted octanol–water partition coefficient (Wildman–Crippen LogP) is 4.51. The standard InChI is InChI=1S/C21H16N2O4/c1-2-25-19-12-16-6-4-3-5-15(16)11-18(19)21(24)27-17-9-7-14(8-10-17)20-23-22-13-26-20/h3-13H,2H2,1H3. The van der Waals surface area contributed by atoms with E-state index in [0.29, 0.717) is 29.6 Å². The summed E-state index contributed by atoms with van der Waals surface area (Å²) in [4.78, 5) is 12.7. The van der Waals surface area contributed by atoms with E-state index >= 15 is 0 Å². The molecule has 0 N–H and O–H groups in total. The zero-order valence-corrected chi connectivity index (χ0v) is 14.6. The largest absolute Gasteiger partial charge is 0.493 e. The van der Waals surface area contributed by atoms with E-state index in [0.717, 1.165) is 16.3 Å². The van der Waals surface area contributed by atoms with Gasteiger partial charge in [-0.15, -0.1) is 10.2 Å². The van der Waals surface area contributed by atoms with Crippen molar-refractivity contribution in [3.8, 4) is 23.0 Å². The van der Waals surface area contributed by atoms with Crippen LogP contribution >= 0.6 is 0 Å². The number of benzene rings is 3. The Morgan fingerprint density at radius 1 is 1.04 bits per heavy atom. The van der Waals surface area contributed by atoms with Gasteiger partial charge in [-0.3, -0.25) is 0 Å². The minimum absolute atomic E-state index is 0.386. The van der Waals surface area contributed by atoms with Gasteiger partial charge in [0, 0.05) is 5.56 Å². The van der Waals surface area contributed by atoms with Gasteiger partial charge >= 0.3 is 5.97 Å². The highest BCUT2D eigenvalue weighted by Gasteiger charge is 2.17. The molecule has 0 radical (unpaired) electrons. The van der Waals surface area contributed by atoms with E-state index in [1.165, 1.54) is 6.39 Å². The van der Waals surface area contributed by atoms with Crippen molar-refractivity contribution in [1.82, 2.24) is 10.2 Å². The van der Waals surface area contributed by atoms with Gasteiger partial charge in [0.1, 0.15) is 17.1 Å². The fourth-order valence-corrected chi connectivity index (χ4v) is 2.78. The average Bonchev–Trinajstić information content (AvgIpc) is 3.23. The second kappa shape index (κ2) is 7.29. The number of esters is 1. The molecule has 6 nitrogen and oxygen atoms in total. The average molecular weight is 360 g/mol. The van der Waals surface area contributed by atoms with E-state index in [1.807, 2.05) is 37.3 Å². The van der Waals surface area contributed by atoms with Crippen LogP contribution in [0.1, 0.15) is 17.3 Å². The number of aromatic nitrogens is 2. The van der Waals surface area contributed by atoms with Crippen molar-refractivity contribution in [3.05, 3.63) is 72.6 Å². The number of ether oxygens (including phenoxy) is 2. The number of fused-ring (bicyclic) bond motifs is 1. The maximum absolute atomic E-state index is 12.7. The molecule has 4 rings (SSSR count). The third-order valence-corrected chi connectivity index (χ3v) is 4.04. The van der Waals surface area contributed by atoms with Crippen molar-refractivity contribution in [3.63, 3.8) is 0 Å². The summed E-state index contributed by atoms with van der Waals surface area (Å²) in [5.41, 5.74) is 1.13. The molecule has 0 spiro atoms. The van der Waals surface area contributed by atoms with Crippen molar-refractivity contribution in [2.45, 2.75) is 6.92 Å². The van der Waals surface area contributed by atoms with Gasteiger partial charge in [-0.25, -0.2) is 4.79 Å². The molecular weight excluding hydrogens is 344 g/mol. The molecule has 134 valence electrons. The Bertz CT molecular complexity index is 1070. The van der Waals surface area contributed by atoms with Gasteiger partial charge in [0.05, 0.1) is 6.61 Å². The molecule has 0 bridgehead atoms. The van der Waals surface area contributed by atoms with Crippen LogP contribution in [0, 0.1) is 0 Å². The highest BCUT2D eigenvalue weighted by molar-refractivity contribution is 5.99. The van der Waals surface area contributed by atoms with Crippen molar-refractivity contribution >= 4 is 16.7 Å². The van der Waals surface area contributed by atoms with Gasteiger partial charge < -0.3 is 13.9 Å². The third-order valence-electron chi connectivity index (χ3n) is 4.04. The number of carbonyl (C=O) groups is 1. The Morgan fingerprint density at radius 2 is 1.78 bits per heavy atom. The summed E-state index contributed by atoms with van der Waals surface area (Å²) in [7, 11) is 0. The van der Waals surface area contributed by atoms with Crippen molar-refractivity contribution < 1.29 is 18.7 Å². The first-order valence-corrected chi connectivity index (χ1v) is 8.49. The maximum atomic E-state index is 12.7. The first kappa shape index (κ1) is 16.8. The second-order valence-corrected chi connectivity index (χ2v) is 5.79. The number of rotatable bonds is 5. The Hall–Kier alpha value is -3.67. The first-order chi connectivity index (χ1) is 13.2. The Morgan fingerprint density at radius 3 is 2.44 bits per heavy atom. The lowest BCUT2D eigenvalue weighted by molar-refractivity contribution is 0.0730. The Balaban J connectivity index is 1.61. The van der Waals surface area contributed by atoms with Crippen molar-refractivity contribution in [2.24, 2.45) is 0 Å². The molecule has 6 heteroatoms. The molecule has 0 saturated heterocycles. The van der Waals surface area contributed by atoms with Crippen LogP contribution in [0.5, 0.6) is 11.5 Å². The zero-order valence-electron chi connectivity index (χ0n) is 14.6. The minimum Gasteiger partial charge on any atom is -0.493 e. The van der Waals surface area contributed by atoms with E-state index in [2.05, 4.69) is 10.2 Å². The van der Waals surface area contributed by atoms with E-state index in [1.54, 1.807) is 30.3 Å². The molecule has 0 atom stereocenters. The van der Waals surface area contributed by atoms with E-state index < -0.39 is 5.97 Å². The predicted molar refractivity (Wildman–Crippen MR) is 99.8 cm³/mol. The van der Waals surface area contributed by atoms with Crippen molar-refractivity contribution in [1.29, 1.82) is 0 Å². The highest BCUT2D eigenvalue weighted by Crippen LogP contribution is 2.28. The number of hydrogen-bond acceptors (Lipinski definition) is 6. The Kier molecular flexibility index (Phi) is 4.53. The summed E-state index contributed by atoms with van der Waals surface area (Å²) in [6.45, 7) is 2.33. The lowest BCUT2D eigenvalue weighted by atomic mass is 10.1. The highest BCUT2D eigenvalue weighted by atomic mass is 16.5. The van der Waals surface area contributed by atoms with Crippen LogP contribution in [0.15, 0.2) is 71.5 Å². The summed E-state index contributed by atoms with van der Waals surface area (Å²) >= 11 is 0. The molecule has 0 fully saturated rings. The lowest BCUT2D eigenvalue weighted by Crippen LogP contribution is -2.11. The molecule has 0 unspecified atom stereocenters. The smallest absolute Gasteiger partial charge is 0.347 e. The fourth-order valence-electron chi connectivity index (χ4n) is 2.78. The van der Waals surface area contributed by atoms with Crippen LogP contribution in [0.25, 0.3) is 22.2 Å². The van der Waals surface area contributed by atoms with Crippen LogP contribution in [0.3, 0.4) is 0 Å². The summed E-state index contributed by atoms with van der Waals surface area (Å²) in [5.74, 6) is 0.846. The molecule has 1 aromatic heterocycles. The number of nitrogens with zero attached hydrogens (tertiary/aromatic N) is 2. The minimum atomic E-state index is -0.477. The Labute approximate surface area is 155 Å². The van der Waals surface area contributed by atoms with Crippen molar-refractivity contribution in [2.75, 3.05) is 6.61 Å². The van der Waals surface area contributed by atoms with Gasteiger partial charge in [-0.05, 0) is 54.1 Å². The second-order valence-electron chi connectivity index (χ2n) is 5.79. The van der Waals surface area contributed by atoms with Crippen LogP contribution in [-0.2, 0) is 0 Å². The van der Waals surface area contributed by atoms with Crippen LogP contribution in [0.4, 0.5) is 0 Å². The quantitative estimate of drug-likeness (QED) is 0.385. The normalized spacial score (nSPS) is 10.7. The fraction of sp³-hybridized carbons (Fsp3) is 0.0952. The van der Waals surface area contributed by atoms with Gasteiger partial charge in [0.15, 0.2) is 0 Å². The van der Waals surface area contributed by atoms with E-state index in [-0.39, 0.29) is 0 Å². The molecule has 0 aliphatic heterocycles. The molecule has 3 aromatic carbocycles. The van der Waals surface area contributed by atoms with Gasteiger partial charge in [0.2, 0.25) is 12.3 Å². The molecule has 0 saturated carbocycles. The molecule has 0 aliphatic carbocycles. The molecule has 0 amide bonds. The monoisotopic (exact) mass is 360 g/mol. The SMILES string of the molecule is CCOc1cc2ccccc2cc1C(=O)Oc1ccc(-c2nnco2)cc1. The molecule has 1 heterocycles. The van der Waals surface area contributed by atoms with Gasteiger partial charge in [0.25, 0.3) is 0 Å². The molecule has 27 heavy (non-hydrogen) atoms. The lowest BCUT2D eigenvalue weighted by Gasteiger charge is -2.12. The van der Waals surface area contributed by atoms with Crippen LogP contribution in [-0.4, -0.2) is 22.8 Å². The van der Waals surface area contributed by atoms with E-state index in [9.17, 15) is 4.79 Å². The number of hydrogen-bond donors (Lipinski definition) is 0. The summed E-state index contributed by atoms with van der Waals surface area (Å²) in [5, 5.41) is 9.44. The summed E-state index contributed by atoms with van der Waals surface area (Å²) in [6.07, 6.45) is 1.26. The first-order valence-electron chi connectivity index (χ1n) is 8.49. The van der Waals surface area contributed by atoms with Crippen LogP contribution in [0.2, 0.25) is 0 Å². The molecule has 0 aliphatic rings. The summed E-state index contributed by atoms with van der Waals surface area (Å²) in [6, 6.07) is 18.3. The van der Waals surface area contributed by atoms with E-state index in [4.69, 9.17) is 13.9 Å². The molecule has 4 aromatic rings. The zero-order chi connectivity index (χ0) is 18.6. The molecular formula is C21H16N2O4. The topological polar surface area (TPSA) is 74.5 Å². The van der Waals surface area contributed by atoms with Crippen LogP contribution < -0.4 is 9.47 Å².